The van der Waals surface area contributed by atoms with Crippen molar-refractivity contribution in [1.82, 2.24) is 5.16 Å². The van der Waals surface area contributed by atoms with Crippen LogP contribution in [0.3, 0.4) is 0 Å². The van der Waals surface area contributed by atoms with Crippen LogP contribution in [0.4, 0.5) is 18.9 Å². The van der Waals surface area contributed by atoms with Crippen molar-refractivity contribution in [2.24, 2.45) is 0 Å². The zero-order valence-corrected chi connectivity index (χ0v) is 19.1. The average Bonchev–Trinajstić information content (AvgIpc) is 3.12. The molecule has 3 rings (SSSR count). The number of rotatable bonds is 8. The molecule has 0 amide bonds. The fourth-order valence-corrected chi connectivity index (χ4v) is 4.61. The van der Waals surface area contributed by atoms with Crippen molar-refractivity contribution in [3.63, 3.8) is 0 Å². The second-order valence-electron chi connectivity index (χ2n) is 7.28. The van der Waals surface area contributed by atoms with E-state index in [4.69, 9.17) is 9.26 Å². The van der Waals surface area contributed by atoms with Gasteiger partial charge in [0.1, 0.15) is 12.4 Å². The Labute approximate surface area is 194 Å². The summed E-state index contributed by atoms with van der Waals surface area (Å²) in [4.78, 5) is 12.2. The monoisotopic (exact) mass is 494 g/mol. The Morgan fingerprint density at radius 2 is 1.88 bits per heavy atom. The van der Waals surface area contributed by atoms with Gasteiger partial charge in [-0.1, -0.05) is 23.4 Å². The minimum Gasteiger partial charge on any atom is -0.457 e. The molecule has 0 aliphatic rings. The number of sulfonamides is 1. The van der Waals surface area contributed by atoms with Crippen molar-refractivity contribution in [3.05, 3.63) is 89.3 Å². The normalized spacial score (nSPS) is 11.8. The lowest BCUT2D eigenvalue weighted by atomic mass is 10.2. The predicted octanol–water partition coefficient (Wildman–Crippen LogP) is 5.05. The zero-order chi connectivity index (χ0) is 25.1. The fourth-order valence-electron chi connectivity index (χ4n) is 3.14. The first-order valence-corrected chi connectivity index (χ1v) is 11.4. The molecule has 180 valence electrons. The third-order valence-electron chi connectivity index (χ3n) is 4.94. The molecule has 2 aromatic carbocycles. The number of aryl methyl sites for hydroxylation is 2. The highest BCUT2D eigenvalue weighted by atomic mass is 32.2. The molecule has 11 heteroatoms. The van der Waals surface area contributed by atoms with Gasteiger partial charge in [0, 0.05) is 0 Å². The van der Waals surface area contributed by atoms with Gasteiger partial charge in [0.15, 0.2) is 0 Å². The largest absolute Gasteiger partial charge is 0.457 e. The fraction of sp³-hybridized carbons (Fsp3) is 0.217. The van der Waals surface area contributed by atoms with E-state index in [1.165, 1.54) is 30.3 Å². The summed E-state index contributed by atoms with van der Waals surface area (Å²) in [7, 11) is -4.34. The SMILES string of the molecule is C=CCN(c1cccc(C(F)(F)F)c1)S(=O)(=O)c1cccc(C(=O)OCc2c(C)noc2C)c1. The van der Waals surface area contributed by atoms with Gasteiger partial charge in [0.05, 0.1) is 39.5 Å². The van der Waals surface area contributed by atoms with Crippen LogP contribution in [-0.4, -0.2) is 26.1 Å². The molecule has 0 N–H and O–H groups in total. The number of ether oxygens (including phenoxy) is 1. The highest BCUT2D eigenvalue weighted by Crippen LogP contribution is 2.33. The number of alkyl halides is 3. The van der Waals surface area contributed by atoms with Gasteiger partial charge in [-0.25, -0.2) is 13.2 Å². The molecule has 0 spiro atoms. The minimum absolute atomic E-state index is 0.0459. The number of carbonyl (C=O) groups is 1. The molecule has 0 saturated carbocycles. The van der Waals surface area contributed by atoms with Gasteiger partial charge in [-0.15, -0.1) is 6.58 Å². The van der Waals surface area contributed by atoms with E-state index in [1.807, 2.05) is 0 Å². The van der Waals surface area contributed by atoms with Crippen molar-refractivity contribution < 1.29 is 35.6 Å². The second kappa shape index (κ2) is 9.72. The molecule has 0 radical (unpaired) electrons. The number of halogens is 3. The lowest BCUT2D eigenvalue weighted by molar-refractivity contribution is -0.137. The topological polar surface area (TPSA) is 89.7 Å². The van der Waals surface area contributed by atoms with Crippen molar-refractivity contribution >= 4 is 21.7 Å². The highest BCUT2D eigenvalue weighted by molar-refractivity contribution is 7.92. The Kier molecular flexibility index (Phi) is 7.15. The van der Waals surface area contributed by atoms with E-state index >= 15 is 0 Å². The molecule has 0 bridgehead atoms. The van der Waals surface area contributed by atoms with Crippen LogP contribution in [0.15, 0.2) is 70.6 Å². The van der Waals surface area contributed by atoms with E-state index in [9.17, 15) is 26.4 Å². The number of aromatic nitrogens is 1. The van der Waals surface area contributed by atoms with Crippen molar-refractivity contribution in [3.8, 4) is 0 Å². The second-order valence-corrected chi connectivity index (χ2v) is 9.14. The first-order chi connectivity index (χ1) is 15.9. The summed E-state index contributed by atoms with van der Waals surface area (Å²) in [6.07, 6.45) is -3.40. The summed E-state index contributed by atoms with van der Waals surface area (Å²) < 4.78 is 77.1. The van der Waals surface area contributed by atoms with Crippen molar-refractivity contribution in [1.29, 1.82) is 0 Å². The number of anilines is 1. The Morgan fingerprint density at radius 1 is 1.18 bits per heavy atom. The van der Waals surface area contributed by atoms with E-state index < -0.39 is 27.7 Å². The maximum Gasteiger partial charge on any atom is 0.416 e. The van der Waals surface area contributed by atoms with Crippen molar-refractivity contribution in [2.45, 2.75) is 31.5 Å². The summed E-state index contributed by atoms with van der Waals surface area (Å²) >= 11 is 0. The summed E-state index contributed by atoms with van der Waals surface area (Å²) in [6.45, 7) is 6.44. The molecule has 0 fully saturated rings. The molecule has 0 unspecified atom stereocenters. The van der Waals surface area contributed by atoms with Crippen LogP contribution in [0.5, 0.6) is 0 Å². The Balaban J connectivity index is 1.91. The summed E-state index contributed by atoms with van der Waals surface area (Å²) in [5.41, 5.74) is -0.0796. The predicted molar refractivity (Wildman–Crippen MR) is 118 cm³/mol. The molecule has 1 heterocycles. The van der Waals surface area contributed by atoms with Crippen LogP contribution in [0.2, 0.25) is 0 Å². The number of nitrogens with zero attached hydrogens (tertiary/aromatic N) is 2. The van der Waals surface area contributed by atoms with Crippen molar-refractivity contribution in [2.75, 3.05) is 10.8 Å². The van der Waals surface area contributed by atoms with Gasteiger partial charge in [-0.05, 0) is 50.2 Å². The molecule has 7 nitrogen and oxygen atoms in total. The third kappa shape index (κ3) is 5.30. The molecule has 0 aliphatic carbocycles. The van der Waals surface area contributed by atoms with E-state index in [0.717, 1.165) is 28.6 Å². The maximum absolute atomic E-state index is 13.3. The van der Waals surface area contributed by atoms with Crippen LogP contribution in [0.1, 0.15) is 32.9 Å². The van der Waals surface area contributed by atoms with Gasteiger partial charge in [-0.2, -0.15) is 13.2 Å². The zero-order valence-electron chi connectivity index (χ0n) is 18.3. The first kappa shape index (κ1) is 25.0. The van der Waals surface area contributed by atoms with Crippen LogP contribution in [0, 0.1) is 13.8 Å². The number of benzene rings is 2. The summed E-state index contributed by atoms with van der Waals surface area (Å²) in [6, 6.07) is 9.01. The number of esters is 1. The molecule has 0 saturated heterocycles. The maximum atomic E-state index is 13.3. The number of hydrogen-bond donors (Lipinski definition) is 0. The van der Waals surface area contributed by atoms with Gasteiger partial charge in [0.25, 0.3) is 10.0 Å². The summed E-state index contributed by atoms with van der Waals surface area (Å²) in [5, 5.41) is 3.77. The lowest BCUT2D eigenvalue weighted by Crippen LogP contribution is -2.31. The number of hydrogen-bond acceptors (Lipinski definition) is 6. The minimum atomic E-state index is -4.65. The Morgan fingerprint density at radius 3 is 2.50 bits per heavy atom. The third-order valence-corrected chi connectivity index (χ3v) is 6.73. The molecule has 3 aromatic rings. The van der Waals surface area contributed by atoms with Crippen LogP contribution in [-0.2, 0) is 27.5 Å². The van der Waals surface area contributed by atoms with Gasteiger partial charge in [0.2, 0.25) is 0 Å². The number of carbonyl (C=O) groups excluding carboxylic acids is 1. The van der Waals surface area contributed by atoms with Crippen LogP contribution < -0.4 is 4.31 Å². The average molecular weight is 494 g/mol. The molecule has 0 atom stereocenters. The quantitative estimate of drug-likeness (QED) is 0.322. The first-order valence-electron chi connectivity index (χ1n) is 9.95. The molecular weight excluding hydrogens is 473 g/mol. The van der Waals surface area contributed by atoms with Gasteiger partial charge in [-0.3, -0.25) is 4.31 Å². The lowest BCUT2D eigenvalue weighted by Gasteiger charge is -2.24. The highest BCUT2D eigenvalue weighted by Gasteiger charge is 2.32. The molecule has 34 heavy (non-hydrogen) atoms. The molecular formula is C23H21F3N2O5S. The van der Waals surface area contributed by atoms with Gasteiger partial charge < -0.3 is 9.26 Å². The van der Waals surface area contributed by atoms with Gasteiger partial charge >= 0.3 is 12.1 Å². The Bertz CT molecular complexity index is 1300. The van der Waals surface area contributed by atoms with Crippen LogP contribution >= 0.6 is 0 Å². The standard InChI is InChI=1S/C23H21F3N2O5S/c1-4-11-28(19-9-6-8-18(13-19)23(24,25)26)34(30,31)20-10-5-7-17(12-20)22(29)32-14-21-15(2)27-33-16(21)3/h4-10,12-13H,1,11,14H2,2-3H3. The molecule has 1 aromatic heterocycles. The van der Waals surface area contributed by atoms with E-state index in [2.05, 4.69) is 11.7 Å². The van der Waals surface area contributed by atoms with E-state index in [1.54, 1.807) is 13.8 Å². The van der Waals surface area contributed by atoms with Crippen LogP contribution in [0.25, 0.3) is 0 Å². The summed E-state index contributed by atoms with van der Waals surface area (Å²) in [5.74, 6) is -0.297. The smallest absolute Gasteiger partial charge is 0.416 e. The Hall–Kier alpha value is -3.60. The van der Waals surface area contributed by atoms with E-state index in [-0.39, 0.29) is 29.3 Å². The molecule has 0 aliphatic heterocycles. The van der Waals surface area contributed by atoms with E-state index in [0.29, 0.717) is 17.0 Å².